The van der Waals surface area contributed by atoms with E-state index < -0.39 is 6.17 Å². The molecule has 0 aromatic rings. The van der Waals surface area contributed by atoms with Crippen LogP contribution in [-0.4, -0.2) is 32.5 Å². The summed E-state index contributed by atoms with van der Waals surface area (Å²) < 4.78 is 18.2. The third-order valence-corrected chi connectivity index (χ3v) is 2.50. The molecule has 2 fully saturated rings. The molecule has 2 saturated heterocycles. The van der Waals surface area contributed by atoms with Crippen LogP contribution in [0.15, 0.2) is 0 Å². The minimum atomic E-state index is -0.637. The minimum absolute atomic E-state index is 0.141. The van der Waals surface area contributed by atoms with E-state index in [2.05, 4.69) is 5.32 Å². The van der Waals surface area contributed by atoms with Gasteiger partial charge in [-0.25, -0.2) is 4.39 Å². The molecule has 2 aliphatic rings. The van der Waals surface area contributed by atoms with Crippen LogP contribution in [0, 0.1) is 5.41 Å². The zero-order chi connectivity index (χ0) is 7.03. The van der Waals surface area contributed by atoms with Crippen LogP contribution in [0.3, 0.4) is 0 Å². The molecule has 0 aliphatic carbocycles. The average Bonchev–Trinajstić information content (AvgIpc) is 1.85. The summed E-state index contributed by atoms with van der Waals surface area (Å²) in [6, 6.07) is 0. The van der Waals surface area contributed by atoms with Crippen LogP contribution < -0.4 is 5.32 Å². The lowest BCUT2D eigenvalue weighted by molar-refractivity contribution is -0.158. The van der Waals surface area contributed by atoms with Crippen LogP contribution in [0.1, 0.15) is 6.42 Å². The highest BCUT2D eigenvalue weighted by Crippen LogP contribution is 2.36. The average molecular weight is 145 g/mol. The third kappa shape index (κ3) is 0.772. The maximum Gasteiger partial charge on any atom is 0.113 e. The smallest absolute Gasteiger partial charge is 0.113 e. The second-order valence-electron chi connectivity index (χ2n) is 3.29. The Labute approximate surface area is 59.7 Å². The Hall–Kier alpha value is -0.150. The molecule has 0 saturated carbocycles. The lowest BCUT2D eigenvalue weighted by Crippen LogP contribution is -2.59. The largest absolute Gasteiger partial charge is 0.380 e. The molecule has 1 unspecified atom stereocenters. The van der Waals surface area contributed by atoms with Crippen LogP contribution in [0.2, 0.25) is 0 Å². The predicted molar refractivity (Wildman–Crippen MR) is 35.6 cm³/mol. The number of nitrogens with one attached hydrogen (secondary N) is 1. The van der Waals surface area contributed by atoms with Gasteiger partial charge in [0.25, 0.3) is 0 Å². The van der Waals surface area contributed by atoms with E-state index in [-0.39, 0.29) is 5.41 Å². The number of ether oxygens (including phenoxy) is 1. The zero-order valence-electron chi connectivity index (χ0n) is 5.90. The number of halogens is 1. The fourth-order valence-electron chi connectivity index (χ4n) is 1.63. The second kappa shape index (κ2) is 2.17. The summed E-state index contributed by atoms with van der Waals surface area (Å²) in [6.45, 7) is 2.85. The van der Waals surface area contributed by atoms with Crippen LogP contribution in [-0.2, 0) is 4.74 Å². The molecule has 58 valence electrons. The van der Waals surface area contributed by atoms with Gasteiger partial charge in [0.15, 0.2) is 0 Å². The molecule has 0 bridgehead atoms. The molecular weight excluding hydrogens is 133 g/mol. The van der Waals surface area contributed by atoms with Crippen molar-refractivity contribution in [2.75, 3.05) is 26.3 Å². The van der Waals surface area contributed by atoms with Crippen molar-refractivity contribution < 1.29 is 9.13 Å². The highest BCUT2D eigenvalue weighted by molar-refractivity contribution is 4.97. The van der Waals surface area contributed by atoms with E-state index in [4.69, 9.17) is 4.74 Å². The monoisotopic (exact) mass is 145 g/mol. The van der Waals surface area contributed by atoms with Gasteiger partial charge in [-0.15, -0.1) is 0 Å². The molecule has 1 N–H and O–H groups in total. The normalized spacial score (nSPS) is 37.5. The number of hydrogen-bond donors (Lipinski definition) is 1. The lowest BCUT2D eigenvalue weighted by atomic mass is 9.77. The first-order valence-corrected chi connectivity index (χ1v) is 3.76. The Balaban J connectivity index is 2.03. The van der Waals surface area contributed by atoms with Crippen molar-refractivity contribution in [1.29, 1.82) is 0 Å². The molecule has 0 aromatic carbocycles. The topological polar surface area (TPSA) is 21.3 Å². The second-order valence-corrected chi connectivity index (χ2v) is 3.29. The van der Waals surface area contributed by atoms with E-state index >= 15 is 0 Å². The molecule has 1 atom stereocenters. The first-order chi connectivity index (χ1) is 4.83. The summed E-state index contributed by atoms with van der Waals surface area (Å²) >= 11 is 0. The van der Waals surface area contributed by atoms with Crippen molar-refractivity contribution >= 4 is 0 Å². The predicted octanol–water partition coefficient (Wildman–Crippen LogP) is 0.334. The number of alkyl halides is 1. The number of piperidine rings is 1. The Morgan fingerprint density at radius 2 is 2.30 bits per heavy atom. The highest BCUT2D eigenvalue weighted by Gasteiger charge is 2.47. The van der Waals surface area contributed by atoms with Crippen molar-refractivity contribution in [2.24, 2.45) is 5.41 Å². The molecule has 3 heteroatoms. The van der Waals surface area contributed by atoms with E-state index in [0.29, 0.717) is 19.6 Å². The van der Waals surface area contributed by atoms with Crippen LogP contribution in [0.25, 0.3) is 0 Å². The lowest BCUT2D eigenvalue weighted by Gasteiger charge is -2.46. The Kier molecular flexibility index (Phi) is 1.42. The van der Waals surface area contributed by atoms with E-state index in [9.17, 15) is 4.39 Å². The van der Waals surface area contributed by atoms with Crippen molar-refractivity contribution in [3.8, 4) is 0 Å². The molecule has 2 rings (SSSR count). The zero-order valence-corrected chi connectivity index (χ0v) is 5.90. The summed E-state index contributed by atoms with van der Waals surface area (Å²) in [6.07, 6.45) is 0.0195. The molecule has 2 nitrogen and oxygen atoms in total. The first kappa shape index (κ1) is 6.55. The standard InChI is InChI=1S/C7H12FNO/c8-6-1-2-9-3-7(6)4-10-5-7/h6,9H,1-5H2. The Morgan fingerprint density at radius 1 is 1.50 bits per heavy atom. The van der Waals surface area contributed by atoms with Gasteiger partial charge in [0.1, 0.15) is 6.17 Å². The molecule has 0 radical (unpaired) electrons. The number of rotatable bonds is 0. The molecule has 10 heavy (non-hydrogen) atoms. The van der Waals surface area contributed by atoms with E-state index in [1.807, 2.05) is 0 Å². The molecule has 2 aliphatic heterocycles. The maximum atomic E-state index is 13.2. The van der Waals surface area contributed by atoms with E-state index in [1.54, 1.807) is 0 Å². The summed E-state index contributed by atoms with van der Waals surface area (Å²) in [5.74, 6) is 0. The fraction of sp³-hybridized carbons (Fsp3) is 1.00. The fourth-order valence-corrected chi connectivity index (χ4v) is 1.63. The molecular formula is C7H12FNO. The van der Waals surface area contributed by atoms with Crippen LogP contribution >= 0.6 is 0 Å². The Morgan fingerprint density at radius 3 is 2.70 bits per heavy atom. The van der Waals surface area contributed by atoms with Gasteiger partial charge in [-0.3, -0.25) is 0 Å². The van der Waals surface area contributed by atoms with Crippen LogP contribution in [0.4, 0.5) is 4.39 Å². The highest BCUT2D eigenvalue weighted by atomic mass is 19.1. The van der Waals surface area contributed by atoms with Gasteiger partial charge in [0.2, 0.25) is 0 Å². The Bertz CT molecular complexity index is 136. The first-order valence-electron chi connectivity index (χ1n) is 3.76. The van der Waals surface area contributed by atoms with Crippen molar-refractivity contribution in [2.45, 2.75) is 12.6 Å². The molecule has 0 aromatic heterocycles. The summed E-state index contributed by atoms with van der Waals surface area (Å²) in [5.41, 5.74) is -0.141. The van der Waals surface area contributed by atoms with Crippen molar-refractivity contribution in [3.63, 3.8) is 0 Å². The van der Waals surface area contributed by atoms with Gasteiger partial charge >= 0.3 is 0 Å². The van der Waals surface area contributed by atoms with E-state index in [0.717, 1.165) is 13.1 Å². The van der Waals surface area contributed by atoms with Gasteiger partial charge < -0.3 is 10.1 Å². The van der Waals surface area contributed by atoms with Crippen LogP contribution in [0.5, 0.6) is 0 Å². The summed E-state index contributed by atoms with van der Waals surface area (Å²) in [5, 5.41) is 3.19. The summed E-state index contributed by atoms with van der Waals surface area (Å²) in [4.78, 5) is 0. The molecule has 2 heterocycles. The van der Waals surface area contributed by atoms with Gasteiger partial charge in [-0.2, -0.15) is 0 Å². The minimum Gasteiger partial charge on any atom is -0.380 e. The van der Waals surface area contributed by atoms with Crippen molar-refractivity contribution in [1.82, 2.24) is 5.32 Å². The van der Waals surface area contributed by atoms with Gasteiger partial charge in [0.05, 0.1) is 18.6 Å². The third-order valence-electron chi connectivity index (χ3n) is 2.50. The maximum absolute atomic E-state index is 13.2. The molecule has 1 spiro atoms. The molecule has 0 amide bonds. The van der Waals surface area contributed by atoms with Crippen molar-refractivity contribution in [3.05, 3.63) is 0 Å². The van der Waals surface area contributed by atoms with Gasteiger partial charge in [0, 0.05) is 6.54 Å². The van der Waals surface area contributed by atoms with E-state index in [1.165, 1.54) is 0 Å². The van der Waals surface area contributed by atoms with Gasteiger partial charge in [-0.1, -0.05) is 0 Å². The number of hydrogen-bond acceptors (Lipinski definition) is 2. The summed E-state index contributed by atoms with van der Waals surface area (Å²) in [7, 11) is 0. The van der Waals surface area contributed by atoms with Gasteiger partial charge in [-0.05, 0) is 13.0 Å². The SMILES string of the molecule is FC1CCNCC12COC2. The quantitative estimate of drug-likeness (QED) is 0.530.